The Kier molecular flexibility index (Phi) is 6.76. The summed E-state index contributed by atoms with van der Waals surface area (Å²) in [6.45, 7) is 0.919. The quantitative estimate of drug-likeness (QED) is 0.539. The van der Waals surface area contributed by atoms with Crippen LogP contribution in [-0.4, -0.2) is 35.7 Å². The van der Waals surface area contributed by atoms with Crippen LogP contribution in [0.1, 0.15) is 36.8 Å². The van der Waals surface area contributed by atoms with Crippen LogP contribution in [-0.2, 0) is 21.6 Å². The summed E-state index contributed by atoms with van der Waals surface area (Å²) >= 11 is 0. The molecule has 0 aliphatic carbocycles. The number of carbonyl (C=O) groups excluding carboxylic acids is 1. The van der Waals surface area contributed by atoms with E-state index in [4.69, 9.17) is 9.32 Å². The number of aromatic nitrogens is 3. The zero-order valence-electron chi connectivity index (χ0n) is 18.2. The average molecular weight is 482 g/mol. The van der Waals surface area contributed by atoms with E-state index in [9.17, 15) is 18.5 Å². The molecule has 1 amide bonds. The Morgan fingerprint density at radius 3 is 2.50 bits per heavy atom. The van der Waals surface area contributed by atoms with Crippen LogP contribution >= 0.6 is 0 Å². The Balaban J connectivity index is 1.68. The van der Waals surface area contributed by atoms with Gasteiger partial charge in [0.2, 0.25) is 5.91 Å². The summed E-state index contributed by atoms with van der Waals surface area (Å²) < 4.78 is 28.7. The fraction of sp³-hybridized carbons (Fsp3) is 0.273. The van der Waals surface area contributed by atoms with Crippen LogP contribution < -0.4 is 19.2 Å². The highest BCUT2D eigenvalue weighted by molar-refractivity contribution is 7.84. The van der Waals surface area contributed by atoms with Crippen molar-refractivity contribution in [2.24, 2.45) is 5.14 Å². The van der Waals surface area contributed by atoms with Gasteiger partial charge in [-0.2, -0.15) is 18.8 Å². The molecule has 0 atom stereocenters. The summed E-state index contributed by atoms with van der Waals surface area (Å²) in [7, 11) is -4.11. The van der Waals surface area contributed by atoms with Gasteiger partial charge in [-0.1, -0.05) is 18.6 Å². The minimum absolute atomic E-state index is 0.00689. The average Bonchev–Trinajstić information content (AvgIpc) is 3.25. The molecule has 0 bridgehead atoms. The van der Waals surface area contributed by atoms with Crippen LogP contribution in [0.4, 0.5) is 11.4 Å². The highest BCUT2D eigenvalue weighted by Gasteiger charge is 2.22. The Morgan fingerprint density at radius 2 is 1.82 bits per heavy atom. The molecule has 2 aromatic carbocycles. The Hall–Kier alpha value is -3.95. The van der Waals surface area contributed by atoms with Crippen LogP contribution in [0, 0.1) is 11.3 Å². The third kappa shape index (κ3) is 5.51. The van der Waals surface area contributed by atoms with E-state index in [2.05, 4.69) is 16.3 Å². The van der Waals surface area contributed by atoms with Crippen LogP contribution in [0.3, 0.4) is 0 Å². The lowest BCUT2D eigenvalue weighted by Crippen LogP contribution is -2.32. The molecule has 1 aliphatic rings. The van der Waals surface area contributed by atoms with Crippen molar-refractivity contribution in [3.05, 3.63) is 66.2 Å². The second-order valence-corrected chi connectivity index (χ2v) is 8.94. The van der Waals surface area contributed by atoms with Crippen molar-refractivity contribution in [1.82, 2.24) is 14.9 Å². The maximum absolute atomic E-state index is 12.7. The van der Waals surface area contributed by atoms with Crippen molar-refractivity contribution < 1.29 is 17.4 Å². The van der Waals surface area contributed by atoms with Crippen molar-refractivity contribution in [2.45, 2.75) is 32.2 Å². The topological polar surface area (TPSA) is 147 Å². The Labute approximate surface area is 197 Å². The number of rotatable bonds is 7. The lowest BCUT2D eigenvalue weighted by Gasteiger charge is -2.28. The largest absolute Gasteiger partial charge is 0.380 e. The number of hydrogen-bond acceptors (Lipinski definition) is 8. The van der Waals surface area contributed by atoms with Crippen LogP contribution in [0.15, 0.2) is 55.1 Å². The molecule has 3 aromatic rings. The fourth-order valence-corrected chi connectivity index (χ4v) is 4.20. The molecule has 12 heteroatoms. The predicted molar refractivity (Wildman–Crippen MR) is 124 cm³/mol. The second kappa shape index (κ2) is 9.90. The molecule has 1 aromatic heterocycles. The molecule has 0 unspecified atom stereocenters. The molecule has 4 rings (SSSR count). The third-order valence-electron chi connectivity index (χ3n) is 5.42. The molecule has 2 heterocycles. The van der Waals surface area contributed by atoms with E-state index in [1.54, 1.807) is 33.8 Å². The molecule has 2 N–H and O–H groups in total. The summed E-state index contributed by atoms with van der Waals surface area (Å²) in [5.74, 6) is 0.106. The van der Waals surface area contributed by atoms with Crippen molar-refractivity contribution in [3.8, 4) is 11.8 Å². The predicted octanol–water partition coefficient (Wildman–Crippen LogP) is 2.11. The molecule has 1 fully saturated rings. The maximum atomic E-state index is 12.7. The van der Waals surface area contributed by atoms with Crippen molar-refractivity contribution >= 4 is 27.6 Å². The number of anilines is 2. The fourth-order valence-electron chi connectivity index (χ4n) is 3.82. The molecule has 0 spiro atoms. The molecular formula is C22H23N7O4S. The molecule has 11 nitrogen and oxygen atoms in total. The van der Waals surface area contributed by atoms with E-state index in [1.165, 1.54) is 24.8 Å². The van der Waals surface area contributed by atoms with Crippen molar-refractivity contribution in [2.75, 3.05) is 16.5 Å². The summed E-state index contributed by atoms with van der Waals surface area (Å²) in [6, 6.07) is 13.9. The van der Waals surface area contributed by atoms with Gasteiger partial charge in [0.05, 0.1) is 23.5 Å². The number of amides is 1. The summed E-state index contributed by atoms with van der Waals surface area (Å²) in [5, 5.41) is 24.2. The Morgan fingerprint density at radius 1 is 1.09 bits per heavy atom. The molecule has 1 saturated heterocycles. The number of nitrogens with zero attached hydrogens (tertiary/aromatic N) is 6. The van der Waals surface area contributed by atoms with E-state index < -0.39 is 10.3 Å². The zero-order valence-corrected chi connectivity index (χ0v) is 19.1. The summed E-state index contributed by atoms with van der Waals surface area (Å²) in [6.07, 6.45) is 6.22. The molecular weight excluding hydrogens is 458 g/mol. The number of nitriles is 1. The van der Waals surface area contributed by atoms with Gasteiger partial charge in [0.15, 0.2) is 0 Å². The molecule has 34 heavy (non-hydrogen) atoms. The van der Waals surface area contributed by atoms with E-state index >= 15 is 0 Å². The number of hydrogen-bond donors (Lipinski definition) is 1. The zero-order chi connectivity index (χ0) is 24.1. The monoisotopic (exact) mass is 481 g/mol. The third-order valence-corrected chi connectivity index (χ3v) is 5.84. The van der Waals surface area contributed by atoms with Gasteiger partial charge in [0.1, 0.15) is 24.5 Å². The summed E-state index contributed by atoms with van der Waals surface area (Å²) in [4.78, 5) is 14.4. The first kappa shape index (κ1) is 23.2. The lowest BCUT2D eigenvalue weighted by molar-refractivity contribution is -0.118. The SMILES string of the molecule is N#Cc1ccc(N(Cc2ccc(OS(N)(=O)=O)cc2)n2cnnc2)cc1N1CCCCCC1=O. The highest BCUT2D eigenvalue weighted by atomic mass is 32.2. The van der Waals surface area contributed by atoms with E-state index in [-0.39, 0.29) is 11.7 Å². The maximum Gasteiger partial charge on any atom is 0.380 e. The van der Waals surface area contributed by atoms with Gasteiger partial charge in [-0.25, -0.2) is 4.68 Å². The lowest BCUT2D eigenvalue weighted by atomic mass is 10.1. The smallest absolute Gasteiger partial charge is 0.371 e. The van der Waals surface area contributed by atoms with E-state index in [0.717, 1.165) is 30.5 Å². The first-order chi connectivity index (χ1) is 16.3. The minimum Gasteiger partial charge on any atom is -0.371 e. The molecule has 1 aliphatic heterocycles. The Bertz CT molecular complexity index is 1300. The molecule has 0 radical (unpaired) electrons. The van der Waals surface area contributed by atoms with Gasteiger partial charge < -0.3 is 9.08 Å². The summed E-state index contributed by atoms with van der Waals surface area (Å²) in [5.41, 5.74) is 2.54. The number of benzene rings is 2. The van der Waals surface area contributed by atoms with Gasteiger partial charge in [-0.15, -0.1) is 10.2 Å². The first-order valence-corrected chi connectivity index (χ1v) is 12.1. The number of carbonyl (C=O) groups is 1. The first-order valence-electron chi connectivity index (χ1n) is 10.6. The van der Waals surface area contributed by atoms with Gasteiger partial charge in [-0.05, 0) is 48.7 Å². The van der Waals surface area contributed by atoms with Gasteiger partial charge in [-0.3, -0.25) is 9.80 Å². The normalized spacial score (nSPS) is 14.4. The van der Waals surface area contributed by atoms with Gasteiger partial charge >= 0.3 is 10.3 Å². The minimum atomic E-state index is -4.11. The number of nitrogens with two attached hydrogens (primary N) is 1. The second-order valence-electron chi connectivity index (χ2n) is 7.79. The molecule has 0 saturated carbocycles. The van der Waals surface area contributed by atoms with Crippen LogP contribution in [0.5, 0.6) is 5.75 Å². The van der Waals surface area contributed by atoms with Gasteiger partial charge in [0.25, 0.3) is 0 Å². The van der Waals surface area contributed by atoms with Crippen LogP contribution in [0.25, 0.3) is 0 Å². The van der Waals surface area contributed by atoms with E-state index in [1.807, 2.05) is 11.1 Å². The van der Waals surface area contributed by atoms with Crippen LogP contribution in [0.2, 0.25) is 0 Å². The van der Waals surface area contributed by atoms with Gasteiger partial charge in [0, 0.05) is 13.0 Å². The molecule has 176 valence electrons. The van der Waals surface area contributed by atoms with E-state index in [0.29, 0.717) is 30.8 Å². The highest BCUT2D eigenvalue weighted by Crippen LogP contribution is 2.30. The van der Waals surface area contributed by atoms with Crippen molar-refractivity contribution in [3.63, 3.8) is 0 Å². The standard InChI is InChI=1S/C22H23N7O4S/c23-13-18-7-8-19(12-21(18)28-11-3-1-2-4-22(28)30)29(27-15-25-26-16-27)14-17-5-9-20(10-6-17)33-34(24,31)32/h5-10,12,15-16H,1-4,11,14H2,(H2,24,31,32). The van der Waals surface area contributed by atoms with Crippen molar-refractivity contribution in [1.29, 1.82) is 5.26 Å².